The highest BCUT2D eigenvalue weighted by Crippen LogP contribution is 2.17. The van der Waals surface area contributed by atoms with Crippen LogP contribution in [0.3, 0.4) is 0 Å². The Bertz CT molecular complexity index is 219. The molecule has 1 rings (SSSR count). The zero-order valence-electron chi connectivity index (χ0n) is 7.14. The van der Waals surface area contributed by atoms with E-state index in [4.69, 9.17) is 5.11 Å². The second-order valence-corrected chi connectivity index (χ2v) is 3.01. The smallest absolute Gasteiger partial charge is 0.0814 e. The molecule has 0 amide bonds. The van der Waals surface area contributed by atoms with Crippen LogP contribution in [0.15, 0.2) is 30.3 Å². The van der Waals surface area contributed by atoms with E-state index in [0.29, 0.717) is 6.42 Å². The minimum absolute atomic E-state index is 0.393. The van der Waals surface area contributed by atoms with E-state index in [-0.39, 0.29) is 0 Å². The van der Waals surface area contributed by atoms with Gasteiger partial charge in [-0.15, -0.1) is 0 Å². The summed E-state index contributed by atoms with van der Waals surface area (Å²) in [5.41, 5.74) is 0.860. The Morgan fingerprint density at radius 2 is 1.75 bits per heavy atom. The average Bonchev–Trinajstić information content (AvgIpc) is 2.05. The fourth-order valence-corrected chi connectivity index (χ4v) is 1.13. The van der Waals surface area contributed by atoms with Crippen molar-refractivity contribution in [2.75, 3.05) is 0 Å². The van der Waals surface area contributed by atoms with Gasteiger partial charge in [-0.25, -0.2) is 0 Å². The summed E-state index contributed by atoms with van der Waals surface area (Å²) in [6.07, 6.45) is -0.615. The molecule has 0 aliphatic heterocycles. The van der Waals surface area contributed by atoms with Crippen LogP contribution in [0.1, 0.15) is 25.0 Å². The van der Waals surface area contributed by atoms with Crippen molar-refractivity contribution in [3.05, 3.63) is 35.9 Å². The quantitative estimate of drug-likeness (QED) is 0.714. The monoisotopic (exact) mass is 166 g/mol. The van der Waals surface area contributed by atoms with Crippen molar-refractivity contribution < 1.29 is 10.2 Å². The summed E-state index contributed by atoms with van der Waals surface area (Å²) >= 11 is 0. The van der Waals surface area contributed by atoms with Gasteiger partial charge in [-0.1, -0.05) is 30.3 Å². The van der Waals surface area contributed by atoms with Crippen LogP contribution >= 0.6 is 0 Å². The Balaban J connectivity index is 2.59. The first-order chi connectivity index (χ1) is 5.70. The lowest BCUT2D eigenvalue weighted by Crippen LogP contribution is -2.07. The van der Waals surface area contributed by atoms with Crippen LogP contribution in [0.2, 0.25) is 0 Å². The number of aliphatic hydroxyl groups excluding tert-OH is 2. The van der Waals surface area contributed by atoms with Crippen molar-refractivity contribution >= 4 is 0 Å². The third-order valence-electron chi connectivity index (χ3n) is 1.75. The minimum Gasteiger partial charge on any atom is -0.393 e. The van der Waals surface area contributed by atoms with Crippen molar-refractivity contribution in [1.29, 1.82) is 0 Å². The zero-order chi connectivity index (χ0) is 8.97. The molecule has 0 heterocycles. The molecule has 2 atom stereocenters. The number of aliphatic hydroxyl groups is 2. The maximum Gasteiger partial charge on any atom is 0.0814 e. The zero-order valence-corrected chi connectivity index (χ0v) is 7.14. The molecule has 66 valence electrons. The van der Waals surface area contributed by atoms with Crippen molar-refractivity contribution in [3.63, 3.8) is 0 Å². The highest BCUT2D eigenvalue weighted by Gasteiger charge is 2.08. The van der Waals surface area contributed by atoms with Crippen LogP contribution in [0.25, 0.3) is 0 Å². The van der Waals surface area contributed by atoms with Gasteiger partial charge < -0.3 is 10.2 Å². The lowest BCUT2D eigenvalue weighted by atomic mass is 10.0. The fourth-order valence-electron chi connectivity index (χ4n) is 1.13. The molecular formula is C10H14O2. The maximum absolute atomic E-state index is 9.53. The van der Waals surface area contributed by atoms with Gasteiger partial charge in [0.1, 0.15) is 0 Å². The van der Waals surface area contributed by atoms with E-state index in [1.807, 2.05) is 30.3 Å². The summed E-state index contributed by atoms with van der Waals surface area (Å²) in [6.45, 7) is 1.67. The predicted molar refractivity (Wildman–Crippen MR) is 47.7 cm³/mol. The van der Waals surface area contributed by atoms with Crippen molar-refractivity contribution in [2.45, 2.75) is 25.6 Å². The fraction of sp³-hybridized carbons (Fsp3) is 0.400. The maximum atomic E-state index is 9.53. The van der Waals surface area contributed by atoms with Crippen LogP contribution in [-0.2, 0) is 0 Å². The summed E-state index contributed by atoms with van der Waals surface area (Å²) in [6, 6.07) is 9.36. The van der Waals surface area contributed by atoms with Gasteiger partial charge in [0.05, 0.1) is 12.2 Å². The number of benzene rings is 1. The third-order valence-corrected chi connectivity index (χ3v) is 1.75. The molecule has 2 N–H and O–H groups in total. The summed E-state index contributed by atoms with van der Waals surface area (Å²) in [5.74, 6) is 0. The topological polar surface area (TPSA) is 40.5 Å². The Morgan fingerprint density at radius 3 is 2.25 bits per heavy atom. The summed E-state index contributed by atoms with van der Waals surface area (Å²) in [4.78, 5) is 0. The molecule has 0 unspecified atom stereocenters. The van der Waals surface area contributed by atoms with E-state index >= 15 is 0 Å². The molecule has 0 aliphatic carbocycles. The molecule has 2 nitrogen and oxygen atoms in total. The van der Waals surface area contributed by atoms with Crippen LogP contribution in [-0.4, -0.2) is 16.3 Å². The lowest BCUT2D eigenvalue weighted by Gasteiger charge is -2.11. The molecule has 0 bridgehead atoms. The van der Waals surface area contributed by atoms with Crippen LogP contribution in [0, 0.1) is 0 Å². The van der Waals surface area contributed by atoms with Gasteiger partial charge in [0.15, 0.2) is 0 Å². The molecule has 0 aliphatic rings. The van der Waals surface area contributed by atoms with Gasteiger partial charge in [0.2, 0.25) is 0 Å². The van der Waals surface area contributed by atoms with E-state index in [2.05, 4.69) is 0 Å². The van der Waals surface area contributed by atoms with E-state index < -0.39 is 12.2 Å². The van der Waals surface area contributed by atoms with E-state index in [1.165, 1.54) is 0 Å². The first-order valence-corrected chi connectivity index (χ1v) is 4.11. The van der Waals surface area contributed by atoms with Crippen LogP contribution < -0.4 is 0 Å². The van der Waals surface area contributed by atoms with E-state index in [0.717, 1.165) is 5.56 Å². The minimum atomic E-state index is -0.550. The molecule has 0 fully saturated rings. The second-order valence-electron chi connectivity index (χ2n) is 3.01. The van der Waals surface area contributed by atoms with Gasteiger partial charge in [-0.3, -0.25) is 0 Å². The molecule has 0 saturated heterocycles. The normalized spacial score (nSPS) is 15.6. The predicted octanol–water partition coefficient (Wildman–Crippen LogP) is 1.49. The molecule has 0 aromatic heterocycles. The Kier molecular flexibility index (Phi) is 3.26. The van der Waals surface area contributed by atoms with Gasteiger partial charge in [0, 0.05) is 6.42 Å². The summed E-state index contributed by atoms with van der Waals surface area (Å²) < 4.78 is 0. The molecular weight excluding hydrogens is 152 g/mol. The first kappa shape index (κ1) is 9.23. The lowest BCUT2D eigenvalue weighted by molar-refractivity contribution is 0.0907. The number of hydrogen-bond donors (Lipinski definition) is 2. The highest BCUT2D eigenvalue weighted by molar-refractivity contribution is 5.17. The van der Waals surface area contributed by atoms with Gasteiger partial charge in [0.25, 0.3) is 0 Å². The van der Waals surface area contributed by atoms with E-state index in [9.17, 15) is 5.11 Å². The molecule has 0 spiro atoms. The Morgan fingerprint density at radius 1 is 1.17 bits per heavy atom. The van der Waals surface area contributed by atoms with Gasteiger partial charge in [-0.05, 0) is 12.5 Å². The Hall–Kier alpha value is -0.860. The first-order valence-electron chi connectivity index (χ1n) is 4.11. The average molecular weight is 166 g/mol. The van der Waals surface area contributed by atoms with Crippen molar-refractivity contribution in [3.8, 4) is 0 Å². The Labute approximate surface area is 72.5 Å². The number of rotatable bonds is 3. The standard InChI is InChI=1S/C10H14O2/c1-8(11)7-10(12)9-5-3-2-4-6-9/h2-6,8,10-12H,7H2,1H3/t8-,10+/m1/s1. The molecule has 0 saturated carbocycles. The second kappa shape index (κ2) is 4.24. The number of hydrogen-bond acceptors (Lipinski definition) is 2. The molecule has 0 radical (unpaired) electrons. The largest absolute Gasteiger partial charge is 0.393 e. The van der Waals surface area contributed by atoms with Crippen molar-refractivity contribution in [2.24, 2.45) is 0 Å². The summed E-state index contributed by atoms with van der Waals surface area (Å²) in [5, 5.41) is 18.6. The van der Waals surface area contributed by atoms with E-state index in [1.54, 1.807) is 6.92 Å². The molecule has 1 aromatic carbocycles. The van der Waals surface area contributed by atoms with Crippen LogP contribution in [0.4, 0.5) is 0 Å². The van der Waals surface area contributed by atoms with Gasteiger partial charge in [-0.2, -0.15) is 0 Å². The highest BCUT2D eigenvalue weighted by atomic mass is 16.3. The van der Waals surface area contributed by atoms with Crippen molar-refractivity contribution in [1.82, 2.24) is 0 Å². The van der Waals surface area contributed by atoms with Crippen LogP contribution in [0.5, 0.6) is 0 Å². The molecule has 12 heavy (non-hydrogen) atoms. The molecule has 2 heteroatoms. The van der Waals surface area contributed by atoms with Gasteiger partial charge >= 0.3 is 0 Å². The third kappa shape index (κ3) is 2.64. The molecule has 1 aromatic rings. The summed E-state index contributed by atoms with van der Waals surface area (Å²) in [7, 11) is 0. The SMILES string of the molecule is C[C@@H](O)C[C@H](O)c1ccccc1.